The molecule has 1 aliphatic heterocycles. The van der Waals surface area contributed by atoms with Crippen molar-refractivity contribution in [3.63, 3.8) is 0 Å². The molecule has 0 spiro atoms. The number of rotatable bonds is 5. The van der Waals surface area contributed by atoms with Crippen molar-refractivity contribution >= 4 is 31.6 Å². The lowest BCUT2D eigenvalue weighted by Crippen LogP contribution is -2.34. The van der Waals surface area contributed by atoms with Crippen molar-refractivity contribution in [1.29, 1.82) is 0 Å². The van der Waals surface area contributed by atoms with Gasteiger partial charge in [-0.2, -0.15) is 0 Å². The van der Waals surface area contributed by atoms with Crippen LogP contribution >= 0.6 is 0 Å². The van der Waals surface area contributed by atoms with Crippen LogP contribution in [-0.2, 0) is 20.0 Å². The minimum atomic E-state index is -4.16. The Balaban J connectivity index is 1.75. The number of pyridine rings is 1. The fourth-order valence-electron chi connectivity index (χ4n) is 2.95. The van der Waals surface area contributed by atoms with Crippen molar-refractivity contribution in [3.8, 4) is 0 Å². The normalized spacial score (nSPS) is 16.4. The first-order chi connectivity index (χ1) is 13.6. The second kappa shape index (κ2) is 8.20. The van der Waals surface area contributed by atoms with Gasteiger partial charge in [0.1, 0.15) is 22.3 Å². The summed E-state index contributed by atoms with van der Waals surface area (Å²) in [5.41, 5.74) is -0.498. The first-order valence-corrected chi connectivity index (χ1v) is 12.0. The average molecular weight is 447 g/mol. The molecule has 158 valence electrons. The number of nitrogens with one attached hydrogen (secondary N) is 1. The molecule has 0 atom stereocenters. The zero-order chi connectivity index (χ0) is 21.2. The van der Waals surface area contributed by atoms with Gasteiger partial charge in [-0.05, 0) is 30.7 Å². The Morgan fingerprint density at radius 2 is 1.76 bits per heavy atom. The molecule has 0 saturated carbocycles. The molecule has 2 heterocycles. The summed E-state index contributed by atoms with van der Waals surface area (Å²) in [5, 5.41) is 0. The number of aromatic nitrogens is 1. The second-order valence-corrected chi connectivity index (χ2v) is 10.2. The molecule has 2 aromatic rings. The van der Waals surface area contributed by atoms with E-state index in [-0.39, 0.29) is 4.90 Å². The molecule has 0 aliphatic carbocycles. The van der Waals surface area contributed by atoms with E-state index in [1.165, 1.54) is 16.4 Å². The first-order valence-electron chi connectivity index (χ1n) is 8.70. The Labute approximate surface area is 168 Å². The minimum absolute atomic E-state index is 0.211. The quantitative estimate of drug-likeness (QED) is 0.750. The monoisotopic (exact) mass is 446 g/mol. The van der Waals surface area contributed by atoms with Crippen molar-refractivity contribution in [1.82, 2.24) is 9.29 Å². The Kier molecular flexibility index (Phi) is 6.05. The SMILES string of the molecule is CS(=O)(=O)N1CCCN(c2ccc(S(=O)(=O)Nc3cc(F)ccc3F)cn2)CC1. The number of hydrogen-bond acceptors (Lipinski definition) is 6. The number of hydrogen-bond donors (Lipinski definition) is 1. The summed E-state index contributed by atoms with van der Waals surface area (Å²) in [4.78, 5) is 5.80. The molecule has 1 aromatic heterocycles. The van der Waals surface area contributed by atoms with Crippen LogP contribution < -0.4 is 9.62 Å². The van der Waals surface area contributed by atoms with Gasteiger partial charge in [0.25, 0.3) is 10.0 Å². The fraction of sp³-hybridized carbons (Fsp3) is 0.353. The lowest BCUT2D eigenvalue weighted by atomic mass is 10.3. The van der Waals surface area contributed by atoms with E-state index in [0.717, 1.165) is 30.7 Å². The van der Waals surface area contributed by atoms with Crippen molar-refractivity contribution in [2.45, 2.75) is 11.3 Å². The van der Waals surface area contributed by atoms with Crippen molar-refractivity contribution < 1.29 is 25.6 Å². The topological polar surface area (TPSA) is 99.7 Å². The van der Waals surface area contributed by atoms with Gasteiger partial charge in [0.05, 0.1) is 11.9 Å². The first kappa shape index (κ1) is 21.4. The maximum Gasteiger partial charge on any atom is 0.263 e. The summed E-state index contributed by atoms with van der Waals surface area (Å²) in [6, 6.07) is 5.26. The highest BCUT2D eigenvalue weighted by Crippen LogP contribution is 2.22. The summed E-state index contributed by atoms with van der Waals surface area (Å²) in [7, 11) is -7.44. The third-order valence-electron chi connectivity index (χ3n) is 4.45. The Bertz CT molecular complexity index is 1090. The van der Waals surface area contributed by atoms with Crippen molar-refractivity contribution in [3.05, 3.63) is 48.2 Å². The third-order valence-corrected chi connectivity index (χ3v) is 7.11. The number of sulfonamides is 2. The van der Waals surface area contributed by atoms with Crippen LogP contribution in [0.15, 0.2) is 41.4 Å². The van der Waals surface area contributed by atoms with Crippen LogP contribution in [0.4, 0.5) is 20.3 Å². The van der Waals surface area contributed by atoms with Crippen molar-refractivity contribution in [2.75, 3.05) is 42.1 Å². The molecule has 1 N–H and O–H groups in total. The lowest BCUT2D eigenvalue weighted by molar-refractivity contribution is 0.437. The van der Waals surface area contributed by atoms with E-state index in [1.807, 2.05) is 9.62 Å². The zero-order valence-corrected chi connectivity index (χ0v) is 17.2. The Morgan fingerprint density at radius 3 is 2.41 bits per heavy atom. The van der Waals surface area contributed by atoms with Gasteiger partial charge in [0, 0.05) is 38.4 Å². The van der Waals surface area contributed by atoms with Gasteiger partial charge >= 0.3 is 0 Å². The second-order valence-electron chi connectivity index (χ2n) is 6.58. The largest absolute Gasteiger partial charge is 0.355 e. The number of benzene rings is 1. The molecular formula is C17H20F2N4O4S2. The van der Waals surface area contributed by atoms with E-state index in [9.17, 15) is 25.6 Å². The summed E-state index contributed by atoms with van der Waals surface area (Å²) >= 11 is 0. The average Bonchev–Trinajstić information content (AvgIpc) is 2.91. The van der Waals surface area contributed by atoms with E-state index < -0.39 is 37.4 Å². The molecule has 1 saturated heterocycles. The standard InChI is InChI=1S/C17H20F2N4O4S2/c1-28(24,25)23-8-2-7-22(9-10-23)17-6-4-14(12-20-17)29(26,27)21-16-11-13(18)3-5-15(16)19/h3-6,11-12,21H,2,7-10H2,1H3. The molecule has 29 heavy (non-hydrogen) atoms. The van der Waals surface area contributed by atoms with Crippen LogP contribution in [0.25, 0.3) is 0 Å². The summed E-state index contributed by atoms with van der Waals surface area (Å²) in [5.74, 6) is -1.18. The molecule has 8 nitrogen and oxygen atoms in total. The highest BCUT2D eigenvalue weighted by molar-refractivity contribution is 7.92. The zero-order valence-electron chi connectivity index (χ0n) is 15.5. The fourth-order valence-corrected chi connectivity index (χ4v) is 4.83. The van der Waals surface area contributed by atoms with Crippen LogP contribution in [0.1, 0.15) is 6.42 Å². The number of nitrogens with zero attached hydrogens (tertiary/aromatic N) is 3. The molecule has 12 heteroatoms. The molecule has 0 amide bonds. The highest BCUT2D eigenvalue weighted by atomic mass is 32.2. The molecule has 0 radical (unpaired) electrons. The summed E-state index contributed by atoms with van der Waals surface area (Å²) in [6.07, 6.45) is 2.89. The van der Waals surface area contributed by atoms with E-state index in [0.29, 0.717) is 38.4 Å². The molecule has 3 rings (SSSR count). The Hall–Kier alpha value is -2.31. The van der Waals surface area contributed by atoms with Crippen LogP contribution in [0.2, 0.25) is 0 Å². The minimum Gasteiger partial charge on any atom is -0.355 e. The molecular weight excluding hydrogens is 426 g/mol. The molecule has 0 bridgehead atoms. The van der Waals surface area contributed by atoms with Crippen molar-refractivity contribution in [2.24, 2.45) is 0 Å². The molecule has 1 fully saturated rings. The van der Waals surface area contributed by atoms with E-state index in [2.05, 4.69) is 4.98 Å². The third kappa shape index (κ3) is 5.19. The van der Waals surface area contributed by atoms with Crippen LogP contribution in [0.5, 0.6) is 0 Å². The van der Waals surface area contributed by atoms with Gasteiger partial charge in [0.2, 0.25) is 10.0 Å². The summed E-state index contributed by atoms with van der Waals surface area (Å²) in [6.45, 7) is 1.70. The van der Waals surface area contributed by atoms with Gasteiger partial charge < -0.3 is 4.90 Å². The number of halogens is 2. The summed E-state index contributed by atoms with van der Waals surface area (Å²) < 4.78 is 78.6. The lowest BCUT2D eigenvalue weighted by Gasteiger charge is -2.22. The van der Waals surface area contributed by atoms with E-state index >= 15 is 0 Å². The highest BCUT2D eigenvalue weighted by Gasteiger charge is 2.23. The molecule has 0 unspecified atom stereocenters. The predicted molar refractivity (Wildman–Crippen MR) is 105 cm³/mol. The van der Waals surface area contributed by atoms with Crippen LogP contribution in [-0.4, -0.2) is 58.6 Å². The number of anilines is 2. The Morgan fingerprint density at radius 1 is 1.00 bits per heavy atom. The van der Waals surface area contributed by atoms with Gasteiger partial charge in [-0.25, -0.2) is 34.9 Å². The smallest absolute Gasteiger partial charge is 0.263 e. The van der Waals surface area contributed by atoms with Gasteiger partial charge in [-0.1, -0.05) is 0 Å². The van der Waals surface area contributed by atoms with E-state index in [1.54, 1.807) is 0 Å². The molecule has 1 aliphatic rings. The van der Waals surface area contributed by atoms with Crippen LogP contribution in [0, 0.1) is 11.6 Å². The predicted octanol–water partition coefficient (Wildman–Crippen LogP) is 1.63. The maximum absolute atomic E-state index is 13.7. The van der Waals surface area contributed by atoms with E-state index in [4.69, 9.17) is 0 Å². The van der Waals surface area contributed by atoms with Gasteiger partial charge in [-0.15, -0.1) is 0 Å². The maximum atomic E-state index is 13.7. The van der Waals surface area contributed by atoms with Crippen LogP contribution in [0.3, 0.4) is 0 Å². The molecule has 1 aromatic carbocycles. The van der Waals surface area contributed by atoms with Gasteiger partial charge in [-0.3, -0.25) is 4.72 Å². The van der Waals surface area contributed by atoms with Gasteiger partial charge in [0.15, 0.2) is 0 Å².